The molecule has 1 saturated heterocycles. The van der Waals surface area contributed by atoms with Crippen molar-refractivity contribution in [3.8, 4) is 0 Å². The van der Waals surface area contributed by atoms with Gasteiger partial charge in [-0.2, -0.15) is 0 Å². The van der Waals surface area contributed by atoms with Gasteiger partial charge in [0.1, 0.15) is 30.6 Å². The number of nitrogens with one attached hydrogen (secondary N) is 1. The largest absolute Gasteiger partial charge is 0.468 e. The minimum atomic E-state index is -1.42. The Morgan fingerprint density at radius 3 is 2.42 bits per heavy atom. The van der Waals surface area contributed by atoms with Gasteiger partial charge in [-0.1, -0.05) is 13.8 Å². The van der Waals surface area contributed by atoms with Crippen LogP contribution >= 0.6 is 0 Å². The first-order valence-corrected chi connectivity index (χ1v) is 8.40. The van der Waals surface area contributed by atoms with E-state index in [9.17, 15) is 25.2 Å². The van der Waals surface area contributed by atoms with Crippen molar-refractivity contribution >= 4 is 5.97 Å². The first-order chi connectivity index (χ1) is 11.3. The van der Waals surface area contributed by atoms with Crippen LogP contribution in [0.2, 0.25) is 0 Å². The maximum Gasteiger partial charge on any atom is 0.322 e. The molecule has 1 saturated carbocycles. The highest BCUT2D eigenvalue weighted by atomic mass is 16.6. The third-order valence-corrected chi connectivity index (χ3v) is 4.93. The van der Waals surface area contributed by atoms with E-state index >= 15 is 0 Å². The summed E-state index contributed by atoms with van der Waals surface area (Å²) in [6.45, 7) is 3.72. The lowest BCUT2D eigenvalue weighted by Gasteiger charge is -2.27. The zero-order valence-electron chi connectivity index (χ0n) is 14.4. The van der Waals surface area contributed by atoms with Crippen molar-refractivity contribution in [2.75, 3.05) is 13.7 Å². The molecule has 8 heteroatoms. The van der Waals surface area contributed by atoms with E-state index in [4.69, 9.17) is 9.47 Å². The number of hydrogen-bond acceptors (Lipinski definition) is 8. The SMILES string of the molecule is COC(=O)C(CC(C)C)NC1OC1[C@H](O)[C@@H](O)[C@H](O)C1(CO)CC1. The highest BCUT2D eigenvalue weighted by Gasteiger charge is 2.56. The van der Waals surface area contributed by atoms with Crippen molar-refractivity contribution in [3.05, 3.63) is 0 Å². The van der Waals surface area contributed by atoms with Gasteiger partial charge in [0.05, 0.1) is 19.8 Å². The predicted molar refractivity (Wildman–Crippen MR) is 83.8 cm³/mol. The van der Waals surface area contributed by atoms with E-state index in [1.54, 1.807) is 0 Å². The summed E-state index contributed by atoms with van der Waals surface area (Å²) in [5.41, 5.74) is -0.718. The van der Waals surface area contributed by atoms with Gasteiger partial charge in [0, 0.05) is 5.41 Å². The summed E-state index contributed by atoms with van der Waals surface area (Å²) in [7, 11) is 1.31. The average molecular weight is 347 g/mol. The normalized spacial score (nSPS) is 29.7. The number of ether oxygens (including phenoxy) is 2. The molecule has 0 spiro atoms. The molecule has 6 atom stereocenters. The van der Waals surface area contributed by atoms with Crippen molar-refractivity contribution in [1.29, 1.82) is 0 Å². The Labute approximate surface area is 141 Å². The molecule has 1 aliphatic carbocycles. The topological polar surface area (TPSA) is 132 Å². The predicted octanol–water partition coefficient (Wildman–Crippen LogP) is -1.26. The molecular weight excluding hydrogens is 318 g/mol. The molecule has 0 aromatic carbocycles. The van der Waals surface area contributed by atoms with Crippen LogP contribution in [0.4, 0.5) is 0 Å². The van der Waals surface area contributed by atoms with Gasteiger partial charge in [-0.15, -0.1) is 0 Å². The summed E-state index contributed by atoms with van der Waals surface area (Å²) in [6, 6.07) is -0.563. The van der Waals surface area contributed by atoms with Crippen LogP contribution in [0.15, 0.2) is 0 Å². The van der Waals surface area contributed by atoms with Gasteiger partial charge in [0.25, 0.3) is 0 Å². The zero-order valence-corrected chi connectivity index (χ0v) is 14.4. The molecule has 2 rings (SSSR count). The number of hydrogen-bond donors (Lipinski definition) is 5. The Bertz CT molecular complexity index is 440. The fourth-order valence-corrected chi connectivity index (χ4v) is 3.01. The standard InChI is InChI=1S/C16H29NO7/c1-8(2)6-9(15(22)23-3)17-14-12(24-14)10(19)11(20)13(21)16(7-18)4-5-16/h8-14,17-21H,4-7H2,1-3H3/t9?,10-,11-,12?,13+,14?/m1/s1. The van der Waals surface area contributed by atoms with E-state index in [2.05, 4.69) is 5.32 Å². The number of carbonyl (C=O) groups is 1. The van der Waals surface area contributed by atoms with Crippen molar-refractivity contribution < 1.29 is 34.7 Å². The highest BCUT2D eigenvalue weighted by Crippen LogP contribution is 2.49. The minimum Gasteiger partial charge on any atom is -0.468 e. The molecule has 0 amide bonds. The lowest BCUT2D eigenvalue weighted by atomic mass is 9.91. The number of esters is 1. The third kappa shape index (κ3) is 4.25. The summed E-state index contributed by atoms with van der Waals surface area (Å²) in [5, 5.41) is 42.8. The van der Waals surface area contributed by atoms with Crippen LogP contribution in [0.1, 0.15) is 33.1 Å². The van der Waals surface area contributed by atoms with Gasteiger partial charge in [0.2, 0.25) is 0 Å². The molecule has 140 valence electrons. The summed E-state index contributed by atoms with van der Waals surface area (Å²) in [5.74, 6) is -0.152. The average Bonchev–Trinajstić information content (AvgIpc) is 3.45. The van der Waals surface area contributed by atoms with Crippen molar-refractivity contribution in [3.63, 3.8) is 0 Å². The van der Waals surface area contributed by atoms with Gasteiger partial charge in [0.15, 0.2) is 0 Å². The Kier molecular flexibility index (Phi) is 6.22. The maximum atomic E-state index is 11.8. The summed E-state index contributed by atoms with van der Waals surface area (Å²) >= 11 is 0. The van der Waals surface area contributed by atoms with Gasteiger partial charge in [-0.05, 0) is 25.2 Å². The minimum absolute atomic E-state index is 0.232. The highest BCUT2D eigenvalue weighted by molar-refractivity contribution is 5.75. The molecule has 24 heavy (non-hydrogen) atoms. The van der Waals surface area contributed by atoms with Gasteiger partial charge >= 0.3 is 5.97 Å². The molecule has 1 heterocycles. The molecule has 2 aliphatic rings. The molecule has 0 bridgehead atoms. The molecule has 5 N–H and O–H groups in total. The van der Waals surface area contributed by atoms with E-state index in [-0.39, 0.29) is 12.5 Å². The van der Waals surface area contributed by atoms with Crippen LogP contribution in [0.5, 0.6) is 0 Å². The lowest BCUT2D eigenvalue weighted by Crippen LogP contribution is -2.48. The van der Waals surface area contributed by atoms with Crippen LogP contribution in [0.3, 0.4) is 0 Å². The zero-order chi connectivity index (χ0) is 18.1. The quantitative estimate of drug-likeness (QED) is 0.244. The van der Waals surface area contributed by atoms with E-state index in [1.165, 1.54) is 7.11 Å². The van der Waals surface area contributed by atoms with Crippen molar-refractivity contribution in [2.45, 2.75) is 69.8 Å². The third-order valence-electron chi connectivity index (χ3n) is 4.93. The Hall–Kier alpha value is -0.770. The van der Waals surface area contributed by atoms with Crippen LogP contribution < -0.4 is 5.32 Å². The smallest absolute Gasteiger partial charge is 0.322 e. The van der Waals surface area contributed by atoms with E-state index in [0.717, 1.165) is 0 Å². The van der Waals surface area contributed by atoms with Crippen molar-refractivity contribution in [2.24, 2.45) is 11.3 Å². The van der Waals surface area contributed by atoms with Gasteiger partial charge in [-0.25, -0.2) is 0 Å². The Balaban J connectivity index is 1.87. The lowest BCUT2D eigenvalue weighted by molar-refractivity contribution is -0.143. The first-order valence-electron chi connectivity index (χ1n) is 8.40. The molecule has 3 unspecified atom stereocenters. The second-order valence-corrected chi connectivity index (χ2v) is 7.34. The number of aliphatic hydroxyl groups is 4. The fourth-order valence-electron chi connectivity index (χ4n) is 3.01. The van der Waals surface area contributed by atoms with Crippen molar-refractivity contribution in [1.82, 2.24) is 5.32 Å². The molecule has 0 aromatic heterocycles. The van der Waals surface area contributed by atoms with Crippen LogP contribution in [0, 0.1) is 11.3 Å². The van der Waals surface area contributed by atoms with Crippen LogP contribution in [0.25, 0.3) is 0 Å². The Morgan fingerprint density at radius 1 is 1.33 bits per heavy atom. The molecule has 2 fully saturated rings. The summed E-state index contributed by atoms with van der Waals surface area (Å²) < 4.78 is 10.1. The monoisotopic (exact) mass is 347 g/mol. The Morgan fingerprint density at radius 2 is 1.96 bits per heavy atom. The molecular formula is C16H29NO7. The van der Waals surface area contributed by atoms with Gasteiger partial charge in [-0.3, -0.25) is 10.1 Å². The number of carbonyl (C=O) groups excluding carboxylic acids is 1. The molecule has 0 aromatic rings. The van der Waals surface area contributed by atoms with E-state index < -0.39 is 48.1 Å². The van der Waals surface area contributed by atoms with E-state index in [1.807, 2.05) is 13.8 Å². The number of rotatable bonds is 10. The maximum absolute atomic E-state index is 11.8. The summed E-state index contributed by atoms with van der Waals surface area (Å²) in [4.78, 5) is 11.8. The number of methoxy groups -OCH3 is 1. The van der Waals surface area contributed by atoms with E-state index in [0.29, 0.717) is 19.3 Å². The number of aliphatic hydroxyl groups excluding tert-OH is 4. The van der Waals surface area contributed by atoms with Gasteiger partial charge < -0.3 is 29.9 Å². The fraction of sp³-hybridized carbons (Fsp3) is 0.938. The van der Waals surface area contributed by atoms with Crippen LogP contribution in [-0.2, 0) is 14.3 Å². The number of epoxide rings is 1. The van der Waals surface area contributed by atoms with Crippen LogP contribution in [-0.4, -0.2) is 76.8 Å². The molecule has 8 nitrogen and oxygen atoms in total. The second-order valence-electron chi connectivity index (χ2n) is 7.34. The molecule has 0 radical (unpaired) electrons. The first kappa shape index (κ1) is 19.6. The molecule has 1 aliphatic heterocycles. The summed E-state index contributed by atoms with van der Waals surface area (Å²) in [6.07, 6.45) is -3.47. The second kappa shape index (κ2) is 7.63.